The number of aromatic nitrogens is 3. The average Bonchev–Trinajstić information content (AvgIpc) is 3.35. The highest BCUT2D eigenvalue weighted by molar-refractivity contribution is 7.03. The van der Waals surface area contributed by atoms with Gasteiger partial charge in [0.1, 0.15) is 6.04 Å². The molecule has 31 heavy (non-hydrogen) atoms. The molecular weight excluding hydrogens is 410 g/mol. The van der Waals surface area contributed by atoms with Crippen molar-refractivity contribution in [2.24, 2.45) is 0 Å². The highest BCUT2D eigenvalue weighted by Crippen LogP contribution is 2.27. The molecule has 160 valence electrons. The summed E-state index contributed by atoms with van der Waals surface area (Å²) in [7, 11) is 0. The van der Waals surface area contributed by atoms with Gasteiger partial charge in [-0.15, -0.1) is 5.10 Å². The van der Waals surface area contributed by atoms with E-state index in [1.165, 1.54) is 6.42 Å². The maximum Gasteiger partial charge on any atom is 0.276 e. The number of rotatable bonds is 7. The molecule has 0 aliphatic heterocycles. The first-order chi connectivity index (χ1) is 15.2. The van der Waals surface area contributed by atoms with E-state index in [9.17, 15) is 9.59 Å². The fourth-order valence-corrected chi connectivity index (χ4v) is 4.44. The molecule has 7 nitrogen and oxygen atoms in total. The Balaban J connectivity index is 1.69. The lowest BCUT2D eigenvalue weighted by atomic mass is 9.94. The molecule has 4 rings (SSSR count). The highest BCUT2D eigenvalue weighted by Gasteiger charge is 2.34. The van der Waals surface area contributed by atoms with Crippen molar-refractivity contribution in [2.45, 2.75) is 50.7 Å². The van der Waals surface area contributed by atoms with Gasteiger partial charge in [-0.2, -0.15) is 0 Å². The number of nitrogens with zero attached hydrogens (tertiary/aromatic N) is 4. The van der Waals surface area contributed by atoms with Crippen molar-refractivity contribution in [1.29, 1.82) is 0 Å². The van der Waals surface area contributed by atoms with Crippen molar-refractivity contribution >= 4 is 23.3 Å². The molecule has 1 aliphatic rings. The molecule has 8 heteroatoms. The number of carbonyl (C=O) groups excluding carboxylic acids is 2. The zero-order chi connectivity index (χ0) is 21.5. The third-order valence-corrected chi connectivity index (χ3v) is 6.05. The average molecular weight is 436 g/mol. The second-order valence-electron chi connectivity index (χ2n) is 7.74. The molecule has 0 unspecified atom stereocenters. The van der Waals surface area contributed by atoms with E-state index in [-0.39, 0.29) is 30.1 Å². The molecular formula is C23H25N5O2S. The molecule has 0 radical (unpaired) electrons. The standard InChI is InChI=1S/C23H25N5O2S/c29-22(25-19-11-5-2-6-12-19)21(18-9-3-1-4-10-18)28(15-17-8-7-13-24-14-17)23(30)20-16-31-27-26-20/h1,3-4,7-10,13-14,16,19,21H,2,5-6,11-12,15H2,(H,25,29)/t21-/m1/s1. The van der Waals surface area contributed by atoms with Gasteiger partial charge in [0.05, 0.1) is 0 Å². The summed E-state index contributed by atoms with van der Waals surface area (Å²) in [5.74, 6) is -0.497. The van der Waals surface area contributed by atoms with Gasteiger partial charge in [0.15, 0.2) is 5.69 Å². The molecule has 3 aromatic rings. The molecule has 0 bridgehead atoms. The molecule has 1 saturated carbocycles. The molecule has 1 atom stereocenters. The largest absolute Gasteiger partial charge is 0.351 e. The van der Waals surface area contributed by atoms with Gasteiger partial charge in [-0.3, -0.25) is 14.6 Å². The predicted octanol–water partition coefficient (Wildman–Crippen LogP) is 3.77. The fraction of sp³-hybridized carbons (Fsp3) is 0.348. The second-order valence-corrected chi connectivity index (χ2v) is 8.35. The Morgan fingerprint density at radius 1 is 1.10 bits per heavy atom. The number of pyridine rings is 1. The Bertz CT molecular complexity index is 976. The number of nitrogens with one attached hydrogen (secondary N) is 1. The minimum absolute atomic E-state index is 0.142. The van der Waals surface area contributed by atoms with E-state index < -0.39 is 6.04 Å². The van der Waals surface area contributed by atoms with E-state index in [0.29, 0.717) is 0 Å². The third-order valence-electron chi connectivity index (χ3n) is 5.54. The van der Waals surface area contributed by atoms with E-state index >= 15 is 0 Å². The maximum atomic E-state index is 13.6. The van der Waals surface area contributed by atoms with Crippen LogP contribution in [0.3, 0.4) is 0 Å². The van der Waals surface area contributed by atoms with Gasteiger partial charge in [0.2, 0.25) is 5.91 Å². The van der Waals surface area contributed by atoms with E-state index in [4.69, 9.17) is 0 Å². The van der Waals surface area contributed by atoms with Crippen LogP contribution in [0.5, 0.6) is 0 Å². The molecule has 0 saturated heterocycles. The van der Waals surface area contributed by atoms with Crippen molar-refractivity contribution in [1.82, 2.24) is 24.8 Å². The summed E-state index contributed by atoms with van der Waals surface area (Å²) in [6.45, 7) is 0.238. The molecule has 1 aliphatic carbocycles. The summed E-state index contributed by atoms with van der Waals surface area (Å²) < 4.78 is 3.83. The smallest absolute Gasteiger partial charge is 0.276 e. The van der Waals surface area contributed by atoms with Gasteiger partial charge in [0, 0.05) is 30.4 Å². The minimum Gasteiger partial charge on any atom is -0.351 e. The van der Waals surface area contributed by atoms with Crippen LogP contribution < -0.4 is 5.32 Å². The summed E-state index contributed by atoms with van der Waals surface area (Å²) in [4.78, 5) is 32.8. The lowest BCUT2D eigenvalue weighted by Gasteiger charge is -2.33. The molecule has 1 fully saturated rings. The molecule has 2 amide bonds. The minimum atomic E-state index is -0.780. The summed E-state index contributed by atoms with van der Waals surface area (Å²) >= 11 is 1.11. The van der Waals surface area contributed by atoms with Crippen LogP contribution in [0.25, 0.3) is 0 Å². The Kier molecular flexibility index (Phi) is 6.99. The van der Waals surface area contributed by atoms with E-state index in [2.05, 4.69) is 19.9 Å². The van der Waals surface area contributed by atoms with Crippen LogP contribution in [-0.4, -0.2) is 37.3 Å². The van der Waals surface area contributed by atoms with Crippen molar-refractivity contribution in [3.8, 4) is 0 Å². The van der Waals surface area contributed by atoms with E-state index in [1.54, 1.807) is 22.7 Å². The first-order valence-electron chi connectivity index (χ1n) is 10.5. The number of hydrogen-bond acceptors (Lipinski definition) is 6. The Labute approximate surface area is 185 Å². The zero-order valence-electron chi connectivity index (χ0n) is 17.2. The number of amides is 2. The lowest BCUT2D eigenvalue weighted by Crippen LogP contribution is -2.47. The Morgan fingerprint density at radius 2 is 1.90 bits per heavy atom. The van der Waals surface area contributed by atoms with Gasteiger partial charge in [0.25, 0.3) is 5.91 Å². The van der Waals surface area contributed by atoms with Crippen molar-refractivity contribution in [3.05, 3.63) is 77.1 Å². The van der Waals surface area contributed by atoms with Crippen LogP contribution in [0.4, 0.5) is 0 Å². The highest BCUT2D eigenvalue weighted by atomic mass is 32.1. The molecule has 2 aromatic heterocycles. The van der Waals surface area contributed by atoms with Gasteiger partial charge >= 0.3 is 0 Å². The van der Waals surface area contributed by atoms with E-state index in [0.717, 1.165) is 48.3 Å². The van der Waals surface area contributed by atoms with Gasteiger partial charge in [-0.05, 0) is 41.6 Å². The fourth-order valence-electron chi connectivity index (χ4n) is 4.01. The van der Waals surface area contributed by atoms with Crippen molar-refractivity contribution in [3.63, 3.8) is 0 Å². The maximum absolute atomic E-state index is 13.6. The third kappa shape index (κ3) is 5.32. The molecule has 2 heterocycles. The van der Waals surface area contributed by atoms with Gasteiger partial charge in [-0.25, -0.2) is 0 Å². The topological polar surface area (TPSA) is 88.1 Å². The Morgan fingerprint density at radius 3 is 2.58 bits per heavy atom. The summed E-state index contributed by atoms with van der Waals surface area (Å²) in [6, 6.07) is 12.5. The van der Waals surface area contributed by atoms with Crippen LogP contribution in [0, 0.1) is 0 Å². The molecule has 1 aromatic carbocycles. The predicted molar refractivity (Wildman–Crippen MR) is 118 cm³/mol. The number of hydrogen-bond donors (Lipinski definition) is 1. The van der Waals surface area contributed by atoms with Crippen LogP contribution in [0.2, 0.25) is 0 Å². The second kappa shape index (κ2) is 10.3. The lowest BCUT2D eigenvalue weighted by molar-refractivity contribution is -0.127. The number of carbonyl (C=O) groups is 2. The quantitative estimate of drug-likeness (QED) is 0.610. The number of benzene rings is 1. The molecule has 0 spiro atoms. The van der Waals surface area contributed by atoms with Crippen LogP contribution in [0.1, 0.15) is 59.8 Å². The van der Waals surface area contributed by atoms with Crippen LogP contribution >= 0.6 is 11.5 Å². The van der Waals surface area contributed by atoms with Crippen LogP contribution in [-0.2, 0) is 11.3 Å². The van der Waals surface area contributed by atoms with Crippen molar-refractivity contribution < 1.29 is 9.59 Å². The summed E-state index contributed by atoms with van der Waals surface area (Å²) in [6.07, 6.45) is 8.77. The van der Waals surface area contributed by atoms with Gasteiger partial charge in [-0.1, -0.05) is 60.1 Å². The summed E-state index contributed by atoms with van der Waals surface area (Å²) in [5, 5.41) is 8.77. The first kappa shape index (κ1) is 21.1. The van der Waals surface area contributed by atoms with Crippen LogP contribution in [0.15, 0.2) is 60.2 Å². The first-order valence-corrected chi connectivity index (χ1v) is 11.4. The van der Waals surface area contributed by atoms with Crippen molar-refractivity contribution in [2.75, 3.05) is 0 Å². The monoisotopic (exact) mass is 435 g/mol. The molecule has 1 N–H and O–H groups in total. The summed E-state index contributed by atoms with van der Waals surface area (Å²) in [5.41, 5.74) is 1.84. The zero-order valence-corrected chi connectivity index (χ0v) is 18.0. The normalized spacial score (nSPS) is 15.2. The SMILES string of the molecule is O=C(NC1CCCCC1)[C@@H](c1ccccc1)N(Cc1cccnc1)C(=O)c1csnn1. The van der Waals surface area contributed by atoms with Gasteiger partial charge < -0.3 is 10.2 Å². The Hall–Kier alpha value is -3.13. The van der Waals surface area contributed by atoms with E-state index in [1.807, 2.05) is 42.5 Å².